The van der Waals surface area contributed by atoms with E-state index in [0.717, 1.165) is 55.2 Å². The molecule has 0 aliphatic carbocycles. The molecule has 108 valence electrons. The number of aromatic nitrogens is 4. The first-order chi connectivity index (χ1) is 9.72. The van der Waals surface area contributed by atoms with E-state index in [9.17, 15) is 5.11 Å². The summed E-state index contributed by atoms with van der Waals surface area (Å²) >= 11 is 0. The fraction of sp³-hybridized carbons (Fsp3) is 0.615. The van der Waals surface area contributed by atoms with Gasteiger partial charge < -0.3 is 5.11 Å². The summed E-state index contributed by atoms with van der Waals surface area (Å²) in [4.78, 5) is 2.29. The molecule has 0 radical (unpaired) electrons. The van der Waals surface area contributed by atoms with Gasteiger partial charge in [0.05, 0.1) is 12.3 Å². The third kappa shape index (κ3) is 2.23. The van der Waals surface area contributed by atoms with Crippen LogP contribution in [-0.2, 0) is 32.7 Å². The van der Waals surface area contributed by atoms with E-state index in [4.69, 9.17) is 4.63 Å². The monoisotopic (exact) mass is 277 g/mol. The number of aliphatic hydroxyl groups is 1. The van der Waals surface area contributed by atoms with Crippen LogP contribution in [0.5, 0.6) is 0 Å². The Morgan fingerprint density at radius 1 is 1.30 bits per heavy atom. The second-order valence-electron chi connectivity index (χ2n) is 5.10. The van der Waals surface area contributed by atoms with Crippen LogP contribution in [0.15, 0.2) is 4.63 Å². The lowest BCUT2D eigenvalue weighted by Gasteiger charge is -2.26. The summed E-state index contributed by atoms with van der Waals surface area (Å²) in [6, 6.07) is 0. The van der Waals surface area contributed by atoms with E-state index in [0.29, 0.717) is 0 Å². The molecule has 2 aromatic heterocycles. The van der Waals surface area contributed by atoms with Gasteiger partial charge in [-0.1, -0.05) is 10.3 Å². The van der Waals surface area contributed by atoms with E-state index >= 15 is 0 Å². The van der Waals surface area contributed by atoms with Crippen molar-refractivity contribution in [2.45, 2.75) is 46.5 Å². The average molecular weight is 277 g/mol. The maximum absolute atomic E-state index is 9.46. The molecule has 0 saturated heterocycles. The number of hydrogen-bond donors (Lipinski definition) is 1. The molecule has 3 heterocycles. The standard InChI is InChI=1S/C13H19N5O2/c1-3-18-13-4-5-17(6-10(13)12(8-19)14-18)7-11-9(2)15-20-16-11/h19H,3-8H2,1-2H3. The van der Waals surface area contributed by atoms with E-state index in [1.54, 1.807) is 0 Å². The van der Waals surface area contributed by atoms with Crippen molar-refractivity contribution in [3.63, 3.8) is 0 Å². The number of hydrogen-bond acceptors (Lipinski definition) is 6. The molecule has 0 saturated carbocycles. The number of aliphatic hydroxyl groups excluding tert-OH is 1. The van der Waals surface area contributed by atoms with Crippen LogP contribution in [0.25, 0.3) is 0 Å². The van der Waals surface area contributed by atoms with Crippen molar-refractivity contribution in [2.24, 2.45) is 0 Å². The summed E-state index contributed by atoms with van der Waals surface area (Å²) < 4.78 is 6.74. The highest BCUT2D eigenvalue weighted by Gasteiger charge is 2.25. The molecule has 0 fully saturated rings. The molecule has 0 amide bonds. The first-order valence-corrected chi connectivity index (χ1v) is 6.91. The Morgan fingerprint density at radius 2 is 2.15 bits per heavy atom. The highest BCUT2D eigenvalue weighted by atomic mass is 16.6. The Bertz CT molecular complexity index is 604. The fourth-order valence-corrected chi connectivity index (χ4v) is 2.75. The molecule has 1 N–H and O–H groups in total. The minimum absolute atomic E-state index is 0.00623. The number of fused-ring (bicyclic) bond motifs is 1. The van der Waals surface area contributed by atoms with E-state index in [1.807, 2.05) is 11.6 Å². The molecule has 20 heavy (non-hydrogen) atoms. The van der Waals surface area contributed by atoms with Crippen molar-refractivity contribution in [1.82, 2.24) is 25.0 Å². The lowest BCUT2D eigenvalue weighted by molar-refractivity contribution is 0.226. The van der Waals surface area contributed by atoms with Gasteiger partial charge in [-0.2, -0.15) is 5.10 Å². The Kier molecular flexibility index (Phi) is 3.54. The van der Waals surface area contributed by atoms with Gasteiger partial charge in [0.2, 0.25) is 0 Å². The topological polar surface area (TPSA) is 80.2 Å². The van der Waals surface area contributed by atoms with Crippen LogP contribution in [0.4, 0.5) is 0 Å². The van der Waals surface area contributed by atoms with Crippen LogP contribution in [0.1, 0.15) is 35.3 Å². The summed E-state index contributed by atoms with van der Waals surface area (Å²) in [6.45, 7) is 7.27. The van der Waals surface area contributed by atoms with Crippen LogP contribution in [0.3, 0.4) is 0 Å². The molecule has 0 bridgehead atoms. The van der Waals surface area contributed by atoms with Gasteiger partial charge >= 0.3 is 0 Å². The van der Waals surface area contributed by atoms with Crippen LogP contribution in [-0.4, -0.2) is 36.6 Å². The van der Waals surface area contributed by atoms with Crippen molar-refractivity contribution in [2.75, 3.05) is 6.54 Å². The van der Waals surface area contributed by atoms with Crippen LogP contribution >= 0.6 is 0 Å². The quantitative estimate of drug-likeness (QED) is 0.883. The summed E-state index contributed by atoms with van der Waals surface area (Å²) in [6.07, 6.45) is 0.945. The van der Waals surface area contributed by atoms with Crippen molar-refractivity contribution in [3.05, 3.63) is 28.3 Å². The molecule has 2 aromatic rings. The van der Waals surface area contributed by atoms with Crippen molar-refractivity contribution >= 4 is 0 Å². The van der Waals surface area contributed by atoms with Gasteiger partial charge in [-0.25, -0.2) is 4.63 Å². The zero-order valence-corrected chi connectivity index (χ0v) is 11.8. The lowest BCUT2D eigenvalue weighted by atomic mass is 10.0. The number of aryl methyl sites for hydroxylation is 2. The van der Waals surface area contributed by atoms with Gasteiger partial charge in [-0.15, -0.1) is 0 Å². The molecule has 1 aliphatic rings. The van der Waals surface area contributed by atoms with E-state index in [2.05, 4.69) is 27.2 Å². The minimum Gasteiger partial charge on any atom is -0.390 e. The first-order valence-electron chi connectivity index (χ1n) is 6.91. The predicted molar refractivity (Wildman–Crippen MR) is 70.7 cm³/mol. The molecule has 0 aromatic carbocycles. The molecule has 0 atom stereocenters. The summed E-state index contributed by atoms with van der Waals surface area (Å²) in [7, 11) is 0. The van der Waals surface area contributed by atoms with Gasteiger partial charge in [-0.05, 0) is 13.8 Å². The Morgan fingerprint density at radius 3 is 2.80 bits per heavy atom. The zero-order chi connectivity index (χ0) is 14.1. The maximum atomic E-state index is 9.46. The molecule has 7 heteroatoms. The Labute approximate surface area is 117 Å². The second-order valence-corrected chi connectivity index (χ2v) is 5.10. The highest BCUT2D eigenvalue weighted by Crippen LogP contribution is 2.24. The smallest absolute Gasteiger partial charge is 0.122 e. The molecule has 0 unspecified atom stereocenters. The van der Waals surface area contributed by atoms with Gasteiger partial charge in [0.1, 0.15) is 11.4 Å². The van der Waals surface area contributed by atoms with Crippen LogP contribution in [0, 0.1) is 6.92 Å². The fourth-order valence-electron chi connectivity index (χ4n) is 2.75. The normalized spacial score (nSPS) is 15.6. The van der Waals surface area contributed by atoms with Crippen molar-refractivity contribution in [1.29, 1.82) is 0 Å². The second kappa shape index (κ2) is 5.34. The van der Waals surface area contributed by atoms with Gasteiger partial charge in [0.25, 0.3) is 0 Å². The molecule has 7 nitrogen and oxygen atoms in total. The highest BCUT2D eigenvalue weighted by molar-refractivity contribution is 5.28. The SMILES string of the molecule is CCn1nc(CO)c2c1CCN(Cc1nonc1C)C2. The van der Waals surface area contributed by atoms with E-state index in [-0.39, 0.29) is 6.61 Å². The summed E-state index contributed by atoms with van der Waals surface area (Å²) in [5.74, 6) is 0. The van der Waals surface area contributed by atoms with Crippen LogP contribution in [0.2, 0.25) is 0 Å². The minimum atomic E-state index is -0.00623. The van der Waals surface area contributed by atoms with Crippen molar-refractivity contribution in [3.8, 4) is 0 Å². The first kappa shape index (κ1) is 13.3. The zero-order valence-electron chi connectivity index (χ0n) is 11.8. The molecular weight excluding hydrogens is 258 g/mol. The molecule has 1 aliphatic heterocycles. The molecule has 0 spiro atoms. The van der Waals surface area contributed by atoms with Gasteiger partial charge in [-0.3, -0.25) is 9.58 Å². The van der Waals surface area contributed by atoms with Crippen LogP contribution < -0.4 is 0 Å². The Hall–Kier alpha value is -1.73. The molecule has 3 rings (SSSR count). The third-order valence-corrected chi connectivity index (χ3v) is 3.87. The summed E-state index contributed by atoms with van der Waals surface area (Å²) in [5.41, 5.74) is 4.92. The largest absolute Gasteiger partial charge is 0.390 e. The van der Waals surface area contributed by atoms with Gasteiger partial charge in [0, 0.05) is 43.9 Å². The average Bonchev–Trinajstić information content (AvgIpc) is 3.02. The van der Waals surface area contributed by atoms with E-state index < -0.39 is 0 Å². The molecular formula is C13H19N5O2. The van der Waals surface area contributed by atoms with Crippen molar-refractivity contribution < 1.29 is 9.74 Å². The third-order valence-electron chi connectivity index (χ3n) is 3.87. The Balaban J connectivity index is 1.81. The van der Waals surface area contributed by atoms with E-state index in [1.165, 1.54) is 5.69 Å². The lowest BCUT2D eigenvalue weighted by Crippen LogP contribution is -2.31. The number of nitrogens with zero attached hydrogens (tertiary/aromatic N) is 5. The van der Waals surface area contributed by atoms with Gasteiger partial charge in [0.15, 0.2) is 0 Å². The predicted octanol–water partition coefficient (Wildman–Crippen LogP) is 0.645. The maximum Gasteiger partial charge on any atom is 0.122 e. The summed E-state index contributed by atoms with van der Waals surface area (Å²) in [5, 5.41) is 21.7. The number of rotatable bonds is 4.